The average Bonchev–Trinajstić information content (AvgIpc) is 3.61. The van der Waals surface area contributed by atoms with Gasteiger partial charge in [0, 0.05) is 36.1 Å². The van der Waals surface area contributed by atoms with Crippen LogP contribution in [-0.2, 0) is 11.3 Å². The lowest BCUT2D eigenvalue weighted by Crippen LogP contribution is -2.17. The van der Waals surface area contributed by atoms with E-state index in [2.05, 4.69) is 25.9 Å². The van der Waals surface area contributed by atoms with Gasteiger partial charge in [0.15, 0.2) is 0 Å². The number of nitrogens with one attached hydrogen (secondary N) is 1. The summed E-state index contributed by atoms with van der Waals surface area (Å²) in [5.74, 6) is 1.20. The maximum atomic E-state index is 11.9. The van der Waals surface area contributed by atoms with E-state index >= 15 is 0 Å². The molecule has 2 aromatic heterocycles. The fraction of sp³-hybridized carbons (Fsp3) is 0.259. The number of amides is 1. The number of ether oxygens (including phenoxy) is 2. The third-order valence-corrected chi connectivity index (χ3v) is 5.78. The second-order valence-electron chi connectivity index (χ2n) is 8.86. The van der Waals surface area contributed by atoms with E-state index < -0.39 is 6.09 Å². The van der Waals surface area contributed by atoms with Gasteiger partial charge in [-0.1, -0.05) is 12.1 Å². The molecule has 1 amide bonds. The highest BCUT2D eigenvalue weighted by atomic mass is 16.6. The summed E-state index contributed by atoms with van der Waals surface area (Å²) in [6.45, 7) is 4.42. The van der Waals surface area contributed by atoms with Crippen molar-refractivity contribution in [3.8, 4) is 29.1 Å². The minimum absolute atomic E-state index is 0.201. The molecule has 0 atom stereocenters. The fourth-order valence-corrected chi connectivity index (χ4v) is 4.07. The van der Waals surface area contributed by atoms with Crippen LogP contribution in [0.2, 0.25) is 0 Å². The first kappa shape index (κ1) is 22.4. The van der Waals surface area contributed by atoms with Gasteiger partial charge in [-0.25, -0.2) is 14.8 Å². The van der Waals surface area contributed by atoms with Crippen molar-refractivity contribution in [2.75, 3.05) is 5.32 Å². The zero-order valence-electron chi connectivity index (χ0n) is 19.6. The Hall–Kier alpha value is -4.38. The van der Waals surface area contributed by atoms with Crippen LogP contribution >= 0.6 is 0 Å². The van der Waals surface area contributed by atoms with E-state index in [9.17, 15) is 10.1 Å². The lowest BCUT2D eigenvalue weighted by atomic mass is 10.1. The van der Waals surface area contributed by atoms with Crippen LogP contribution in [0.5, 0.6) is 11.8 Å². The van der Waals surface area contributed by atoms with Gasteiger partial charge in [-0.15, -0.1) is 0 Å². The molecule has 0 radical (unpaired) electrons. The van der Waals surface area contributed by atoms with Crippen molar-refractivity contribution in [1.82, 2.24) is 14.5 Å². The SMILES string of the molecule is CC(C)OC(=O)Nc1ccc(-c2c(C#N)c3ccc(Oc4ncccn4)cc3n2CC2CC2)cc1. The summed E-state index contributed by atoms with van der Waals surface area (Å²) in [6.07, 6.45) is 4.91. The molecule has 8 heteroatoms. The number of nitriles is 1. The highest BCUT2D eigenvalue weighted by Gasteiger charge is 2.27. The predicted molar refractivity (Wildman–Crippen MR) is 132 cm³/mol. The van der Waals surface area contributed by atoms with E-state index in [-0.39, 0.29) is 12.1 Å². The summed E-state index contributed by atoms with van der Waals surface area (Å²) < 4.78 is 13.2. The normalized spacial score (nSPS) is 13.0. The second-order valence-corrected chi connectivity index (χ2v) is 8.86. The van der Waals surface area contributed by atoms with Gasteiger partial charge in [-0.3, -0.25) is 5.32 Å². The highest BCUT2D eigenvalue weighted by molar-refractivity contribution is 5.95. The first-order chi connectivity index (χ1) is 17.0. The monoisotopic (exact) mass is 467 g/mol. The zero-order chi connectivity index (χ0) is 24.4. The van der Waals surface area contributed by atoms with Crippen LogP contribution in [0.25, 0.3) is 22.2 Å². The summed E-state index contributed by atoms with van der Waals surface area (Å²) in [5.41, 5.74) is 3.93. The molecule has 1 saturated carbocycles. The Bertz CT molecular complexity index is 1400. The van der Waals surface area contributed by atoms with Crippen molar-refractivity contribution in [2.24, 2.45) is 5.92 Å². The molecule has 0 aliphatic heterocycles. The number of aromatic nitrogens is 3. The van der Waals surface area contributed by atoms with E-state index in [4.69, 9.17) is 9.47 Å². The standard InChI is InChI=1S/C27H25N5O3/c1-17(2)34-27(33)31-20-8-6-19(7-9-20)25-23(15-28)22-11-10-21(35-26-29-12-3-13-30-26)14-24(22)32(25)16-18-4-5-18/h3,6-14,17-18H,4-5,16H2,1-2H3,(H,31,33). The molecule has 8 nitrogen and oxygen atoms in total. The Morgan fingerprint density at radius 3 is 2.57 bits per heavy atom. The minimum Gasteiger partial charge on any atom is -0.447 e. The van der Waals surface area contributed by atoms with Gasteiger partial charge in [-0.05, 0) is 68.5 Å². The van der Waals surface area contributed by atoms with Gasteiger partial charge in [-0.2, -0.15) is 5.26 Å². The Morgan fingerprint density at radius 1 is 1.17 bits per heavy atom. The number of nitrogens with zero attached hydrogens (tertiary/aromatic N) is 4. The molecule has 35 heavy (non-hydrogen) atoms. The molecule has 1 fully saturated rings. The van der Waals surface area contributed by atoms with Crippen LogP contribution in [0.4, 0.5) is 10.5 Å². The number of carbonyl (C=O) groups is 1. The number of hydrogen-bond donors (Lipinski definition) is 1. The van der Waals surface area contributed by atoms with Gasteiger partial charge in [0.2, 0.25) is 0 Å². The molecule has 1 aliphatic carbocycles. The summed E-state index contributed by atoms with van der Waals surface area (Å²) in [4.78, 5) is 20.2. The number of carbonyl (C=O) groups excluding carboxylic acids is 1. The topological polar surface area (TPSA) is 102 Å². The van der Waals surface area contributed by atoms with E-state index in [0.29, 0.717) is 22.9 Å². The maximum absolute atomic E-state index is 11.9. The smallest absolute Gasteiger partial charge is 0.411 e. The Morgan fingerprint density at radius 2 is 1.91 bits per heavy atom. The number of rotatable bonds is 7. The quantitative estimate of drug-likeness (QED) is 0.351. The summed E-state index contributed by atoms with van der Waals surface area (Å²) in [5, 5.41) is 13.7. The van der Waals surface area contributed by atoms with Crippen molar-refractivity contribution in [3.63, 3.8) is 0 Å². The van der Waals surface area contributed by atoms with Crippen molar-refractivity contribution in [3.05, 3.63) is 66.5 Å². The maximum Gasteiger partial charge on any atom is 0.411 e. The zero-order valence-corrected chi connectivity index (χ0v) is 19.6. The second kappa shape index (κ2) is 9.47. The summed E-state index contributed by atoms with van der Waals surface area (Å²) in [7, 11) is 0. The lowest BCUT2D eigenvalue weighted by Gasteiger charge is -2.13. The molecule has 0 saturated heterocycles. The molecule has 0 spiro atoms. The van der Waals surface area contributed by atoms with Crippen molar-refractivity contribution in [1.29, 1.82) is 5.26 Å². The summed E-state index contributed by atoms with van der Waals surface area (Å²) in [6, 6.07) is 17.6. The number of hydrogen-bond acceptors (Lipinski definition) is 6. The number of fused-ring (bicyclic) bond motifs is 1. The average molecular weight is 468 g/mol. The largest absolute Gasteiger partial charge is 0.447 e. The lowest BCUT2D eigenvalue weighted by molar-refractivity contribution is 0.130. The number of benzene rings is 2. The van der Waals surface area contributed by atoms with Crippen LogP contribution in [0.1, 0.15) is 32.3 Å². The molecule has 176 valence electrons. The fourth-order valence-electron chi connectivity index (χ4n) is 4.07. The Kier molecular flexibility index (Phi) is 6.06. The van der Waals surface area contributed by atoms with Gasteiger partial charge < -0.3 is 14.0 Å². The van der Waals surface area contributed by atoms with Gasteiger partial charge in [0.05, 0.1) is 22.9 Å². The molecule has 1 N–H and O–H groups in total. The van der Waals surface area contributed by atoms with Gasteiger partial charge in [0.25, 0.3) is 0 Å². The van der Waals surface area contributed by atoms with Crippen LogP contribution in [0.3, 0.4) is 0 Å². The molecule has 0 bridgehead atoms. The summed E-state index contributed by atoms with van der Waals surface area (Å²) >= 11 is 0. The Balaban J connectivity index is 1.53. The molecule has 4 aromatic rings. The van der Waals surface area contributed by atoms with Crippen LogP contribution < -0.4 is 10.1 Å². The van der Waals surface area contributed by atoms with Crippen LogP contribution in [-0.4, -0.2) is 26.7 Å². The third-order valence-electron chi connectivity index (χ3n) is 5.78. The van der Waals surface area contributed by atoms with E-state index in [0.717, 1.165) is 28.7 Å². The van der Waals surface area contributed by atoms with E-state index in [1.807, 2.05) is 42.5 Å². The third kappa shape index (κ3) is 4.94. The molecular weight excluding hydrogens is 442 g/mol. The molecule has 2 heterocycles. The van der Waals surface area contributed by atoms with Crippen molar-refractivity contribution in [2.45, 2.75) is 39.3 Å². The van der Waals surface area contributed by atoms with Crippen molar-refractivity contribution >= 4 is 22.7 Å². The molecule has 2 aromatic carbocycles. The van der Waals surface area contributed by atoms with Crippen LogP contribution in [0, 0.1) is 17.2 Å². The minimum atomic E-state index is -0.497. The van der Waals surface area contributed by atoms with E-state index in [1.54, 1.807) is 32.3 Å². The molecule has 1 aliphatic rings. The predicted octanol–water partition coefficient (Wildman–Crippen LogP) is 6.13. The Labute approximate surface area is 203 Å². The van der Waals surface area contributed by atoms with E-state index in [1.165, 1.54) is 12.8 Å². The first-order valence-electron chi connectivity index (χ1n) is 11.6. The van der Waals surface area contributed by atoms with Gasteiger partial charge >= 0.3 is 12.1 Å². The highest BCUT2D eigenvalue weighted by Crippen LogP contribution is 2.40. The first-order valence-corrected chi connectivity index (χ1v) is 11.6. The molecule has 5 rings (SSSR count). The number of anilines is 1. The van der Waals surface area contributed by atoms with Crippen LogP contribution in [0.15, 0.2) is 60.9 Å². The van der Waals surface area contributed by atoms with Gasteiger partial charge in [0.1, 0.15) is 11.8 Å². The molecular formula is C27H25N5O3. The van der Waals surface area contributed by atoms with Crippen molar-refractivity contribution < 1.29 is 14.3 Å². The molecule has 0 unspecified atom stereocenters.